The Kier molecular flexibility index (Phi) is 5.20. The Labute approximate surface area is 155 Å². The SMILES string of the molecule is CC1(C)OB(c2cc(C(=O)NC3CCCCC3)ccc2Cl)OC1(C)C. The zero-order valence-corrected chi connectivity index (χ0v) is 16.3. The molecular formula is C19H27BClNO3. The van der Waals surface area contributed by atoms with Gasteiger partial charge in [-0.25, -0.2) is 0 Å². The Hall–Kier alpha value is -1.04. The molecule has 1 aromatic rings. The van der Waals surface area contributed by atoms with Crippen LogP contribution in [0.2, 0.25) is 5.02 Å². The highest BCUT2D eigenvalue weighted by Gasteiger charge is 2.52. The average Bonchev–Trinajstić information content (AvgIpc) is 2.76. The molecule has 1 amide bonds. The van der Waals surface area contributed by atoms with E-state index in [4.69, 9.17) is 20.9 Å². The van der Waals surface area contributed by atoms with E-state index in [9.17, 15) is 4.79 Å². The largest absolute Gasteiger partial charge is 0.496 e. The van der Waals surface area contributed by atoms with Gasteiger partial charge in [-0.05, 0) is 58.7 Å². The van der Waals surface area contributed by atoms with Crippen LogP contribution in [0.1, 0.15) is 70.2 Å². The first kappa shape index (κ1) is 18.7. The van der Waals surface area contributed by atoms with E-state index in [1.165, 1.54) is 19.3 Å². The highest BCUT2D eigenvalue weighted by molar-refractivity contribution is 6.65. The lowest BCUT2D eigenvalue weighted by Crippen LogP contribution is -2.41. The van der Waals surface area contributed by atoms with Gasteiger partial charge in [0.25, 0.3) is 5.91 Å². The summed E-state index contributed by atoms with van der Waals surface area (Å²) in [5.74, 6) is -0.0543. The lowest BCUT2D eigenvalue weighted by Gasteiger charge is -2.32. The normalized spacial score (nSPS) is 22.8. The van der Waals surface area contributed by atoms with E-state index >= 15 is 0 Å². The third-order valence-corrected chi connectivity index (χ3v) is 6.05. The minimum atomic E-state index is -0.570. The number of carbonyl (C=O) groups is 1. The van der Waals surface area contributed by atoms with Crippen LogP contribution in [0.3, 0.4) is 0 Å². The molecule has 0 aromatic heterocycles. The van der Waals surface area contributed by atoms with Crippen LogP contribution < -0.4 is 10.8 Å². The Bertz CT molecular complexity index is 640. The smallest absolute Gasteiger partial charge is 0.399 e. The van der Waals surface area contributed by atoms with Crippen LogP contribution in [0, 0.1) is 0 Å². The molecule has 1 aromatic carbocycles. The predicted octanol–water partition coefficient (Wildman–Crippen LogP) is 3.70. The van der Waals surface area contributed by atoms with Crippen LogP contribution >= 0.6 is 11.6 Å². The van der Waals surface area contributed by atoms with E-state index in [1.807, 2.05) is 27.7 Å². The van der Waals surface area contributed by atoms with E-state index in [1.54, 1.807) is 18.2 Å². The second kappa shape index (κ2) is 6.94. The number of rotatable bonds is 3. The summed E-state index contributed by atoms with van der Waals surface area (Å²) in [6.07, 6.45) is 5.75. The van der Waals surface area contributed by atoms with Gasteiger partial charge in [0.15, 0.2) is 0 Å². The molecule has 4 nitrogen and oxygen atoms in total. The van der Waals surface area contributed by atoms with Gasteiger partial charge in [0.1, 0.15) is 0 Å². The van der Waals surface area contributed by atoms with Gasteiger partial charge >= 0.3 is 7.12 Å². The second-order valence-corrected chi connectivity index (χ2v) is 8.54. The molecule has 2 fully saturated rings. The third-order valence-electron chi connectivity index (χ3n) is 5.71. The summed E-state index contributed by atoms with van der Waals surface area (Å²) in [6.45, 7) is 8.00. The van der Waals surface area contributed by atoms with Crippen LogP contribution in [0.5, 0.6) is 0 Å². The van der Waals surface area contributed by atoms with Crippen molar-refractivity contribution in [2.75, 3.05) is 0 Å². The first-order valence-electron chi connectivity index (χ1n) is 9.15. The van der Waals surface area contributed by atoms with E-state index in [0.717, 1.165) is 12.8 Å². The van der Waals surface area contributed by atoms with Gasteiger partial charge in [0, 0.05) is 22.1 Å². The Morgan fingerprint density at radius 1 is 1.12 bits per heavy atom. The summed E-state index contributed by atoms with van der Waals surface area (Å²) in [5.41, 5.74) is 0.416. The molecule has 2 aliphatic rings. The number of amides is 1. The highest BCUT2D eigenvalue weighted by Crippen LogP contribution is 2.37. The topological polar surface area (TPSA) is 47.6 Å². The number of halogens is 1. The van der Waals surface area contributed by atoms with E-state index in [-0.39, 0.29) is 11.9 Å². The molecule has 1 N–H and O–H groups in total. The van der Waals surface area contributed by atoms with Crippen molar-refractivity contribution in [3.63, 3.8) is 0 Å². The summed E-state index contributed by atoms with van der Waals surface area (Å²) in [5, 5.41) is 3.69. The lowest BCUT2D eigenvalue weighted by atomic mass is 9.78. The van der Waals surface area contributed by atoms with Crippen molar-refractivity contribution >= 4 is 30.1 Å². The maximum atomic E-state index is 12.6. The van der Waals surface area contributed by atoms with Crippen LogP contribution in [-0.4, -0.2) is 30.3 Å². The number of nitrogens with one attached hydrogen (secondary N) is 1. The van der Waals surface area contributed by atoms with Crippen LogP contribution in [-0.2, 0) is 9.31 Å². The predicted molar refractivity (Wildman–Crippen MR) is 102 cm³/mol. The molecule has 1 saturated heterocycles. The zero-order valence-electron chi connectivity index (χ0n) is 15.5. The van der Waals surface area contributed by atoms with Crippen molar-refractivity contribution in [3.05, 3.63) is 28.8 Å². The van der Waals surface area contributed by atoms with Crippen molar-refractivity contribution in [3.8, 4) is 0 Å². The maximum Gasteiger partial charge on any atom is 0.496 e. The monoisotopic (exact) mass is 363 g/mol. The molecule has 1 saturated carbocycles. The Morgan fingerprint density at radius 2 is 1.72 bits per heavy atom. The van der Waals surface area contributed by atoms with E-state index in [2.05, 4.69) is 5.32 Å². The minimum Gasteiger partial charge on any atom is -0.399 e. The number of hydrogen-bond donors (Lipinski definition) is 1. The van der Waals surface area contributed by atoms with Crippen molar-refractivity contribution in [2.24, 2.45) is 0 Å². The summed E-state index contributed by atoms with van der Waals surface area (Å²) < 4.78 is 12.2. The molecule has 0 atom stereocenters. The molecule has 1 heterocycles. The molecule has 1 aliphatic carbocycles. The first-order chi connectivity index (χ1) is 11.7. The summed E-state index contributed by atoms with van der Waals surface area (Å²) in [4.78, 5) is 12.6. The van der Waals surface area contributed by atoms with Crippen LogP contribution in [0.25, 0.3) is 0 Å². The molecule has 0 bridgehead atoms. The van der Waals surface area contributed by atoms with Crippen molar-refractivity contribution < 1.29 is 14.1 Å². The molecule has 1 aliphatic heterocycles. The van der Waals surface area contributed by atoms with Gasteiger partial charge < -0.3 is 14.6 Å². The minimum absolute atomic E-state index is 0.0543. The van der Waals surface area contributed by atoms with E-state index in [0.29, 0.717) is 16.0 Å². The lowest BCUT2D eigenvalue weighted by molar-refractivity contribution is 0.00578. The van der Waals surface area contributed by atoms with Gasteiger partial charge in [-0.3, -0.25) is 4.79 Å². The van der Waals surface area contributed by atoms with Crippen molar-refractivity contribution in [1.29, 1.82) is 0 Å². The van der Waals surface area contributed by atoms with Crippen LogP contribution in [0.4, 0.5) is 0 Å². The Morgan fingerprint density at radius 3 is 2.32 bits per heavy atom. The van der Waals surface area contributed by atoms with Crippen molar-refractivity contribution in [1.82, 2.24) is 5.32 Å². The quantitative estimate of drug-likeness (QED) is 0.833. The first-order valence-corrected chi connectivity index (χ1v) is 9.53. The molecule has 0 unspecified atom stereocenters. The summed E-state index contributed by atoms with van der Waals surface area (Å²) in [7, 11) is -0.570. The summed E-state index contributed by atoms with van der Waals surface area (Å²) in [6, 6.07) is 5.58. The third kappa shape index (κ3) is 3.89. The zero-order chi connectivity index (χ0) is 18.2. The number of hydrogen-bond acceptors (Lipinski definition) is 3. The molecule has 0 spiro atoms. The fourth-order valence-electron chi connectivity index (χ4n) is 3.35. The van der Waals surface area contributed by atoms with Gasteiger partial charge in [-0.15, -0.1) is 0 Å². The Balaban J connectivity index is 1.78. The molecule has 3 rings (SSSR count). The number of carbonyl (C=O) groups excluding carboxylic acids is 1. The standard InChI is InChI=1S/C19H27BClNO3/c1-18(2)19(3,4)25-20(24-18)15-12-13(10-11-16(15)21)17(23)22-14-8-6-5-7-9-14/h10-12,14H,5-9H2,1-4H3,(H,22,23). The van der Waals surface area contributed by atoms with Gasteiger partial charge in [-0.1, -0.05) is 30.9 Å². The van der Waals surface area contributed by atoms with Gasteiger partial charge in [0.05, 0.1) is 11.2 Å². The van der Waals surface area contributed by atoms with E-state index < -0.39 is 18.3 Å². The van der Waals surface area contributed by atoms with Crippen molar-refractivity contribution in [2.45, 2.75) is 77.0 Å². The fraction of sp³-hybridized carbons (Fsp3) is 0.632. The highest BCUT2D eigenvalue weighted by atomic mass is 35.5. The second-order valence-electron chi connectivity index (χ2n) is 8.13. The average molecular weight is 364 g/mol. The van der Waals surface area contributed by atoms with Gasteiger partial charge in [0.2, 0.25) is 0 Å². The molecule has 0 radical (unpaired) electrons. The summed E-state index contributed by atoms with van der Waals surface area (Å²) >= 11 is 6.37. The molecular weight excluding hydrogens is 336 g/mol. The van der Waals surface area contributed by atoms with Gasteiger partial charge in [-0.2, -0.15) is 0 Å². The fourth-order valence-corrected chi connectivity index (χ4v) is 3.56. The number of benzene rings is 1. The molecule has 25 heavy (non-hydrogen) atoms. The van der Waals surface area contributed by atoms with Crippen LogP contribution in [0.15, 0.2) is 18.2 Å². The molecule has 6 heteroatoms. The maximum absolute atomic E-state index is 12.6. The molecule has 136 valence electrons.